The Labute approximate surface area is 233 Å². The third kappa shape index (κ3) is 12.4. The van der Waals surface area contributed by atoms with Gasteiger partial charge in [-0.3, -0.25) is 0 Å². The molecular formula is C29H42Li2N3-. The Morgan fingerprint density at radius 2 is 1.26 bits per heavy atom. The van der Waals surface area contributed by atoms with Gasteiger partial charge in [0, 0.05) is 0 Å². The zero-order chi connectivity index (χ0) is 22.3. The molecule has 2 fully saturated rings. The van der Waals surface area contributed by atoms with Crippen LogP contribution in [0.2, 0.25) is 0 Å². The topological polar surface area (TPSA) is 20.6 Å². The molecule has 0 aromatic heterocycles. The number of benzene rings is 2. The van der Waals surface area contributed by atoms with Gasteiger partial charge in [-0.15, -0.1) is 12.1 Å². The third-order valence-electron chi connectivity index (χ3n) is 6.41. The maximum Gasteiger partial charge on any atom is 1.00 e. The molecule has 2 heterocycles. The van der Waals surface area contributed by atoms with Gasteiger partial charge in [-0.05, 0) is 65.0 Å². The van der Waals surface area contributed by atoms with Crippen LogP contribution in [-0.2, 0) is 0 Å². The molecule has 0 radical (unpaired) electrons. The zero-order valence-corrected chi connectivity index (χ0v) is 21.9. The van der Waals surface area contributed by atoms with E-state index in [1.807, 2.05) is 0 Å². The summed E-state index contributed by atoms with van der Waals surface area (Å²) >= 11 is 0. The molecule has 2 aromatic carbocycles. The van der Waals surface area contributed by atoms with Crippen LogP contribution in [0.4, 0.5) is 0 Å². The first kappa shape index (κ1) is 31.4. The molecule has 34 heavy (non-hydrogen) atoms. The molecule has 0 unspecified atom stereocenters. The molecule has 4 rings (SSSR count). The second kappa shape index (κ2) is 19.6. The quantitative estimate of drug-likeness (QED) is 0.414. The van der Waals surface area contributed by atoms with E-state index >= 15 is 0 Å². The molecule has 5 heteroatoms. The maximum absolute atomic E-state index is 4.80. The van der Waals surface area contributed by atoms with E-state index in [4.69, 9.17) is 5.32 Å². The molecule has 0 spiro atoms. The van der Waals surface area contributed by atoms with E-state index < -0.39 is 0 Å². The van der Waals surface area contributed by atoms with Gasteiger partial charge in [-0.25, -0.2) is 6.42 Å². The second-order valence-electron chi connectivity index (χ2n) is 9.02. The van der Waals surface area contributed by atoms with Crippen LogP contribution < -0.4 is 37.7 Å². The van der Waals surface area contributed by atoms with Crippen molar-refractivity contribution in [3.8, 4) is 0 Å². The monoisotopic (exact) mass is 446 g/mol. The van der Waals surface area contributed by atoms with Gasteiger partial charge in [0.25, 0.3) is 0 Å². The van der Waals surface area contributed by atoms with Crippen LogP contribution >= 0.6 is 0 Å². The molecule has 0 amide bonds. The molecule has 1 atom stereocenters. The first-order valence-electron chi connectivity index (χ1n) is 12.7. The van der Waals surface area contributed by atoms with Crippen molar-refractivity contribution in [2.45, 2.75) is 51.0 Å². The molecule has 2 aliphatic heterocycles. The third-order valence-corrected chi connectivity index (χ3v) is 6.41. The number of rotatable bonds is 9. The smallest absolute Gasteiger partial charge is 0.657 e. The zero-order valence-electron chi connectivity index (χ0n) is 21.9. The van der Waals surface area contributed by atoms with Crippen molar-refractivity contribution >= 4 is 0 Å². The summed E-state index contributed by atoms with van der Waals surface area (Å²) in [5, 5.41) is 4.80. The van der Waals surface area contributed by atoms with Crippen LogP contribution in [0, 0.1) is 13.3 Å². The summed E-state index contributed by atoms with van der Waals surface area (Å²) in [5.74, 6) is 0. The van der Waals surface area contributed by atoms with Crippen LogP contribution in [0.3, 0.4) is 0 Å². The number of hydrogen-bond donors (Lipinski definition) is 0. The number of hydrogen-bond acceptors (Lipinski definition) is 2. The maximum atomic E-state index is 4.80. The molecule has 2 aliphatic rings. The van der Waals surface area contributed by atoms with Crippen LogP contribution in [0.1, 0.15) is 62.1 Å². The van der Waals surface area contributed by atoms with E-state index in [-0.39, 0.29) is 37.7 Å². The van der Waals surface area contributed by atoms with E-state index in [2.05, 4.69) is 83.8 Å². The predicted octanol–water partition coefficient (Wildman–Crippen LogP) is 0.544. The van der Waals surface area contributed by atoms with Gasteiger partial charge in [0.15, 0.2) is 0 Å². The van der Waals surface area contributed by atoms with Gasteiger partial charge in [0.05, 0.1) is 0 Å². The first-order valence-corrected chi connectivity index (χ1v) is 12.7. The van der Waals surface area contributed by atoms with Gasteiger partial charge in [0.1, 0.15) is 0 Å². The van der Waals surface area contributed by atoms with Crippen LogP contribution in [0.15, 0.2) is 60.7 Å². The van der Waals surface area contributed by atoms with Crippen LogP contribution in [0.5, 0.6) is 0 Å². The minimum atomic E-state index is 0. The summed E-state index contributed by atoms with van der Waals surface area (Å²) in [5.41, 5.74) is 2.69. The van der Waals surface area contributed by atoms with Crippen molar-refractivity contribution in [2.75, 3.05) is 45.8 Å². The summed E-state index contributed by atoms with van der Waals surface area (Å²) in [4.78, 5) is 5.10. The Kier molecular flexibility index (Phi) is 18.1. The van der Waals surface area contributed by atoms with Gasteiger partial charge in [-0.1, -0.05) is 60.8 Å². The summed E-state index contributed by atoms with van der Waals surface area (Å²) in [6.07, 6.45) is 11.5. The minimum Gasteiger partial charge on any atom is -0.657 e. The fraction of sp³-hybridized carbons (Fsp3) is 0.517. The van der Waals surface area contributed by atoms with E-state index in [1.54, 1.807) is 0 Å². The average Bonchev–Trinajstić information content (AvgIpc) is 2.88. The molecule has 3 nitrogen and oxygen atoms in total. The fourth-order valence-corrected chi connectivity index (χ4v) is 4.54. The van der Waals surface area contributed by atoms with Gasteiger partial charge in [0.2, 0.25) is 0 Å². The molecular weight excluding hydrogens is 404 g/mol. The minimum absolute atomic E-state index is 0. The molecule has 0 N–H and O–H groups in total. The Hall–Kier alpha value is -0.615. The largest absolute Gasteiger partial charge is 1.00 e. The fourth-order valence-electron chi connectivity index (χ4n) is 4.54. The van der Waals surface area contributed by atoms with Gasteiger partial charge >= 0.3 is 37.7 Å². The van der Waals surface area contributed by atoms with Crippen molar-refractivity contribution in [2.24, 2.45) is 0 Å². The van der Waals surface area contributed by atoms with Crippen molar-refractivity contribution in [1.29, 1.82) is 0 Å². The van der Waals surface area contributed by atoms with E-state index in [9.17, 15) is 0 Å². The SMILES string of the molecule is [CH2-]CC[N-][C@H](CN1CCCCC1)c1ccccc1.[Li+].[Li+].c1ccc([CH-]CN2CCCCC2)cc1. The normalized spacial score (nSPS) is 17.3. The van der Waals surface area contributed by atoms with Crippen molar-refractivity contribution in [3.63, 3.8) is 0 Å². The molecule has 0 saturated carbocycles. The molecule has 0 aliphatic carbocycles. The molecule has 0 bridgehead atoms. The Bertz CT molecular complexity index is 702. The van der Waals surface area contributed by atoms with Gasteiger partial charge < -0.3 is 22.0 Å². The Balaban J connectivity index is 0.000000329. The van der Waals surface area contributed by atoms with Crippen LogP contribution in [0.25, 0.3) is 5.32 Å². The van der Waals surface area contributed by atoms with E-state index in [1.165, 1.54) is 75.8 Å². The second-order valence-corrected chi connectivity index (χ2v) is 9.02. The molecule has 2 saturated heterocycles. The van der Waals surface area contributed by atoms with E-state index in [0.717, 1.165) is 26.1 Å². The number of nitrogens with zero attached hydrogens (tertiary/aromatic N) is 3. The standard InChI is InChI=1S/C16H24N2.C13H18N.2Li/c1-2-11-17-16(15-9-5-3-6-10-15)14-18-12-7-4-8-13-18;1-3-7-13(8-4-1)9-12-14-10-5-2-6-11-14;;/h3,5-6,9-10,16H,1-2,4,7-8,11-14H2;1,3-4,7-9H,2,5-6,10-12H2;;/q-2;-1;2*+1/t16-;;;/m1.../s1. The van der Waals surface area contributed by atoms with Crippen LogP contribution in [-0.4, -0.2) is 55.6 Å². The van der Waals surface area contributed by atoms with Crippen molar-refractivity contribution < 1.29 is 37.7 Å². The van der Waals surface area contributed by atoms with E-state index in [0.29, 0.717) is 6.04 Å². The molecule has 2 aromatic rings. The Morgan fingerprint density at radius 3 is 1.82 bits per heavy atom. The first-order chi connectivity index (χ1) is 15.8. The summed E-state index contributed by atoms with van der Waals surface area (Å²) < 4.78 is 0. The average molecular weight is 447 g/mol. The summed E-state index contributed by atoms with van der Waals surface area (Å²) in [7, 11) is 0. The number of piperidine rings is 2. The van der Waals surface area contributed by atoms with Gasteiger partial charge in [-0.2, -0.15) is 30.7 Å². The summed E-state index contributed by atoms with van der Waals surface area (Å²) in [6, 6.07) is 21.6. The Morgan fingerprint density at radius 1 is 0.735 bits per heavy atom. The molecule has 176 valence electrons. The van der Waals surface area contributed by atoms with Crippen molar-refractivity contribution in [3.05, 3.63) is 90.5 Å². The van der Waals surface area contributed by atoms with Crippen molar-refractivity contribution in [1.82, 2.24) is 9.80 Å². The number of likely N-dealkylation sites (tertiary alicyclic amines) is 2. The summed E-state index contributed by atoms with van der Waals surface area (Å²) in [6.45, 7) is 12.0. The predicted molar refractivity (Wildman–Crippen MR) is 138 cm³/mol.